The molecule has 0 aromatic heterocycles. The highest BCUT2D eigenvalue weighted by Crippen LogP contribution is 2.32. The fraction of sp³-hybridized carbons (Fsp3) is 0.222. The van der Waals surface area contributed by atoms with Crippen molar-refractivity contribution in [2.45, 2.75) is 11.3 Å². The van der Waals surface area contributed by atoms with Gasteiger partial charge in [0.25, 0.3) is 0 Å². The van der Waals surface area contributed by atoms with Gasteiger partial charge in [0.2, 0.25) is 5.91 Å². The van der Waals surface area contributed by atoms with E-state index in [2.05, 4.69) is 5.32 Å². The van der Waals surface area contributed by atoms with Crippen LogP contribution in [0.4, 0.5) is 5.69 Å². The van der Waals surface area contributed by atoms with Crippen LogP contribution in [-0.4, -0.2) is 11.7 Å². The fourth-order valence-electron chi connectivity index (χ4n) is 1.19. The molecule has 1 aromatic carbocycles. The lowest BCUT2D eigenvalue weighted by Gasteiger charge is -2.04. The van der Waals surface area contributed by atoms with Crippen molar-refractivity contribution in [1.82, 2.24) is 0 Å². The molecule has 1 N–H and O–H groups in total. The van der Waals surface area contributed by atoms with E-state index in [1.807, 2.05) is 12.1 Å². The third-order valence-electron chi connectivity index (χ3n) is 1.80. The van der Waals surface area contributed by atoms with Gasteiger partial charge in [-0.15, -0.1) is 24.2 Å². The van der Waals surface area contributed by atoms with Gasteiger partial charge >= 0.3 is 0 Å². The minimum Gasteiger partial charge on any atom is -0.325 e. The number of carbonyl (C=O) groups is 1. The molecule has 0 fully saturated rings. The van der Waals surface area contributed by atoms with Crippen LogP contribution >= 0.6 is 35.8 Å². The molecule has 0 unspecified atom stereocenters. The smallest absolute Gasteiger partial charge is 0.225 e. The normalized spacial score (nSPS) is 14.8. The zero-order valence-corrected chi connectivity index (χ0v) is 9.64. The van der Waals surface area contributed by atoms with Gasteiger partial charge in [-0.2, -0.15) is 0 Å². The molecule has 2 rings (SSSR count). The Morgan fingerprint density at radius 3 is 3.00 bits per heavy atom. The number of rotatable bonds is 0. The number of benzene rings is 1. The molecule has 5 heteroatoms. The lowest BCUT2D eigenvalue weighted by Crippen LogP contribution is -2.09. The van der Waals surface area contributed by atoms with Crippen LogP contribution in [0, 0.1) is 0 Å². The van der Waals surface area contributed by atoms with Gasteiger partial charge in [-0.05, 0) is 18.2 Å². The Balaban J connectivity index is 0.000000980. The second kappa shape index (κ2) is 4.91. The van der Waals surface area contributed by atoms with Crippen molar-refractivity contribution in [2.75, 3.05) is 11.1 Å². The Morgan fingerprint density at radius 2 is 2.21 bits per heavy atom. The number of nitrogens with one attached hydrogen (secondary N) is 1. The number of hydrogen-bond donors (Lipinski definition) is 1. The lowest BCUT2D eigenvalue weighted by atomic mass is 10.3. The molecule has 2 nitrogen and oxygen atoms in total. The van der Waals surface area contributed by atoms with Crippen LogP contribution in [0.5, 0.6) is 0 Å². The van der Waals surface area contributed by atoms with Crippen LogP contribution in [-0.2, 0) is 4.79 Å². The van der Waals surface area contributed by atoms with Crippen molar-refractivity contribution >= 4 is 47.4 Å². The molecule has 14 heavy (non-hydrogen) atoms. The van der Waals surface area contributed by atoms with E-state index in [9.17, 15) is 4.79 Å². The van der Waals surface area contributed by atoms with Gasteiger partial charge in [0.1, 0.15) is 0 Å². The van der Waals surface area contributed by atoms with E-state index < -0.39 is 0 Å². The number of carbonyl (C=O) groups excluding carboxylic acids is 1. The number of anilines is 1. The molecule has 0 saturated heterocycles. The Labute approximate surface area is 97.8 Å². The zero-order valence-electron chi connectivity index (χ0n) is 7.25. The SMILES string of the molecule is Cl.O=C1CCSc2cc(Cl)ccc2N1. The highest BCUT2D eigenvalue weighted by molar-refractivity contribution is 7.99. The summed E-state index contributed by atoms with van der Waals surface area (Å²) in [5, 5.41) is 3.54. The standard InChI is InChI=1S/C9H8ClNOS.ClH/c10-6-1-2-7-8(5-6)13-4-3-9(12)11-7;/h1-2,5H,3-4H2,(H,11,12);1H. The molecule has 1 heterocycles. The summed E-state index contributed by atoms with van der Waals surface area (Å²) in [6.07, 6.45) is 0.566. The van der Waals surface area contributed by atoms with Gasteiger partial charge in [-0.1, -0.05) is 11.6 Å². The van der Waals surface area contributed by atoms with E-state index in [-0.39, 0.29) is 18.3 Å². The summed E-state index contributed by atoms with van der Waals surface area (Å²) in [5.74, 6) is 0.896. The van der Waals surface area contributed by atoms with Crippen LogP contribution in [0.3, 0.4) is 0 Å². The summed E-state index contributed by atoms with van der Waals surface area (Å²) < 4.78 is 0. The Morgan fingerprint density at radius 1 is 1.43 bits per heavy atom. The second-order valence-electron chi connectivity index (χ2n) is 2.79. The fourth-order valence-corrected chi connectivity index (χ4v) is 2.41. The van der Waals surface area contributed by atoms with Gasteiger partial charge in [-0.3, -0.25) is 4.79 Å². The predicted molar refractivity (Wildman–Crippen MR) is 62.7 cm³/mol. The van der Waals surface area contributed by atoms with Crippen LogP contribution in [0.15, 0.2) is 23.1 Å². The zero-order chi connectivity index (χ0) is 9.26. The third kappa shape index (κ3) is 2.56. The van der Waals surface area contributed by atoms with Gasteiger partial charge < -0.3 is 5.32 Å². The first-order chi connectivity index (χ1) is 6.25. The van der Waals surface area contributed by atoms with E-state index in [0.29, 0.717) is 11.4 Å². The molecule has 0 atom stereocenters. The molecule has 0 bridgehead atoms. The van der Waals surface area contributed by atoms with Crippen molar-refractivity contribution in [3.63, 3.8) is 0 Å². The largest absolute Gasteiger partial charge is 0.325 e. The molecule has 1 aliphatic rings. The summed E-state index contributed by atoms with van der Waals surface area (Å²) in [4.78, 5) is 12.2. The van der Waals surface area contributed by atoms with E-state index in [1.54, 1.807) is 17.8 Å². The minimum absolute atomic E-state index is 0. The molecular formula is C9H9Cl2NOS. The van der Waals surface area contributed by atoms with E-state index in [0.717, 1.165) is 16.3 Å². The van der Waals surface area contributed by atoms with Crippen LogP contribution in [0.1, 0.15) is 6.42 Å². The second-order valence-corrected chi connectivity index (χ2v) is 4.36. The van der Waals surface area contributed by atoms with Crippen molar-refractivity contribution in [3.8, 4) is 0 Å². The Kier molecular flexibility index (Phi) is 4.11. The maximum absolute atomic E-state index is 11.2. The van der Waals surface area contributed by atoms with E-state index in [1.165, 1.54) is 0 Å². The first kappa shape index (κ1) is 11.7. The molecule has 0 spiro atoms. The average molecular weight is 250 g/mol. The van der Waals surface area contributed by atoms with Gasteiger partial charge in [-0.25, -0.2) is 0 Å². The number of halogens is 2. The summed E-state index contributed by atoms with van der Waals surface area (Å²) in [6.45, 7) is 0. The summed E-state index contributed by atoms with van der Waals surface area (Å²) >= 11 is 7.50. The molecule has 76 valence electrons. The van der Waals surface area contributed by atoms with E-state index >= 15 is 0 Å². The molecule has 0 aliphatic carbocycles. The van der Waals surface area contributed by atoms with Crippen LogP contribution in [0.25, 0.3) is 0 Å². The van der Waals surface area contributed by atoms with Gasteiger partial charge in [0.05, 0.1) is 5.69 Å². The summed E-state index contributed by atoms with van der Waals surface area (Å²) in [5.41, 5.74) is 0.872. The van der Waals surface area contributed by atoms with Crippen LogP contribution < -0.4 is 5.32 Å². The first-order valence-electron chi connectivity index (χ1n) is 3.98. The molecule has 1 aromatic rings. The summed E-state index contributed by atoms with van der Waals surface area (Å²) in [7, 11) is 0. The number of hydrogen-bond acceptors (Lipinski definition) is 2. The van der Waals surface area contributed by atoms with Gasteiger partial charge in [0, 0.05) is 22.1 Å². The van der Waals surface area contributed by atoms with Gasteiger partial charge in [0.15, 0.2) is 0 Å². The molecule has 0 saturated carbocycles. The molecule has 1 amide bonds. The van der Waals surface area contributed by atoms with Crippen molar-refractivity contribution in [2.24, 2.45) is 0 Å². The first-order valence-corrected chi connectivity index (χ1v) is 5.34. The van der Waals surface area contributed by atoms with Crippen LogP contribution in [0.2, 0.25) is 5.02 Å². The highest BCUT2D eigenvalue weighted by Gasteiger charge is 2.12. The van der Waals surface area contributed by atoms with Crippen molar-refractivity contribution in [3.05, 3.63) is 23.2 Å². The number of fused-ring (bicyclic) bond motifs is 1. The minimum atomic E-state index is 0. The van der Waals surface area contributed by atoms with Crippen molar-refractivity contribution < 1.29 is 4.79 Å². The quantitative estimate of drug-likeness (QED) is 0.766. The Bertz CT molecular complexity index is 357. The maximum Gasteiger partial charge on any atom is 0.225 e. The van der Waals surface area contributed by atoms with Crippen molar-refractivity contribution in [1.29, 1.82) is 0 Å². The Hall–Kier alpha value is -0.380. The number of amides is 1. The predicted octanol–water partition coefficient (Wildman–Crippen LogP) is 3.20. The molecule has 0 radical (unpaired) electrons. The monoisotopic (exact) mass is 249 g/mol. The third-order valence-corrected chi connectivity index (χ3v) is 3.10. The lowest BCUT2D eigenvalue weighted by molar-refractivity contribution is -0.115. The average Bonchev–Trinajstić information content (AvgIpc) is 2.25. The topological polar surface area (TPSA) is 29.1 Å². The summed E-state index contributed by atoms with van der Waals surface area (Å²) in [6, 6.07) is 5.51. The number of thioether (sulfide) groups is 1. The molecule has 1 aliphatic heterocycles. The highest BCUT2D eigenvalue weighted by atomic mass is 35.5. The van der Waals surface area contributed by atoms with E-state index in [4.69, 9.17) is 11.6 Å². The maximum atomic E-state index is 11.2. The molecular weight excluding hydrogens is 241 g/mol.